The van der Waals surface area contributed by atoms with Crippen molar-refractivity contribution >= 4 is 29.2 Å². The van der Waals surface area contributed by atoms with Crippen molar-refractivity contribution in [2.45, 2.75) is 24.5 Å². The van der Waals surface area contributed by atoms with Gasteiger partial charge in [0.1, 0.15) is 6.10 Å². The lowest BCUT2D eigenvalue weighted by atomic mass is 9.96. The largest absolute Gasteiger partial charge is 0.481 e. The Bertz CT molecular complexity index is 834. The number of nitrogens with zero attached hydrogens (tertiary/aromatic N) is 3. The molecule has 31 heavy (non-hydrogen) atoms. The summed E-state index contributed by atoms with van der Waals surface area (Å²) in [5.41, 5.74) is -1.64. The van der Waals surface area contributed by atoms with E-state index in [1.54, 1.807) is 11.3 Å². The van der Waals surface area contributed by atoms with Gasteiger partial charge in [0, 0.05) is 24.7 Å². The molecule has 1 atom stereocenters. The molecule has 172 valence electrons. The minimum atomic E-state index is -2.74. The summed E-state index contributed by atoms with van der Waals surface area (Å²) >= 11 is 1.72. The van der Waals surface area contributed by atoms with E-state index in [-0.39, 0.29) is 6.10 Å². The van der Waals surface area contributed by atoms with Gasteiger partial charge in [-0.3, -0.25) is 14.3 Å². The van der Waals surface area contributed by atoms with Gasteiger partial charge in [-0.15, -0.1) is 11.3 Å². The molecule has 0 aromatic carbocycles. The van der Waals surface area contributed by atoms with E-state index in [1.807, 2.05) is 38.1 Å². The number of carbonyl (C=O) groups is 3. The molecule has 0 aliphatic heterocycles. The summed E-state index contributed by atoms with van der Waals surface area (Å²) in [6, 6.07) is 6.18. The number of hydrogen-bond donors (Lipinski definition) is 4. The summed E-state index contributed by atoms with van der Waals surface area (Å²) in [5, 5.41) is 40.1. The van der Waals surface area contributed by atoms with Crippen LogP contribution in [0.3, 0.4) is 0 Å². The molecule has 0 fully saturated rings. The predicted molar refractivity (Wildman–Crippen MR) is 111 cm³/mol. The summed E-state index contributed by atoms with van der Waals surface area (Å²) in [6.45, 7) is 1.63. The number of likely N-dealkylation sites (N-methyl/N-ethyl adjacent to an activating group) is 1. The molecule has 0 bridgehead atoms. The van der Waals surface area contributed by atoms with Gasteiger partial charge in [0.05, 0.1) is 25.1 Å². The van der Waals surface area contributed by atoms with Gasteiger partial charge in [-0.05, 0) is 31.6 Å². The molecule has 2 rings (SSSR count). The molecule has 0 aliphatic rings. The van der Waals surface area contributed by atoms with Crippen LogP contribution in [0.25, 0.3) is 0 Å². The van der Waals surface area contributed by atoms with Crippen LogP contribution in [0.2, 0.25) is 0 Å². The highest BCUT2D eigenvalue weighted by atomic mass is 32.1. The Labute approximate surface area is 183 Å². The second kappa shape index (κ2) is 12.2. The third-order valence-corrected chi connectivity index (χ3v) is 4.95. The molecule has 1 unspecified atom stereocenters. The van der Waals surface area contributed by atoms with Crippen molar-refractivity contribution in [2.24, 2.45) is 7.05 Å². The van der Waals surface area contributed by atoms with Crippen molar-refractivity contribution in [1.29, 1.82) is 0 Å². The smallest absolute Gasteiger partial charge is 0.336 e. The molecule has 4 N–H and O–H groups in total. The van der Waals surface area contributed by atoms with Crippen molar-refractivity contribution in [3.05, 3.63) is 40.3 Å². The van der Waals surface area contributed by atoms with Crippen LogP contribution in [-0.2, 0) is 26.2 Å². The minimum absolute atomic E-state index is 0.0163. The van der Waals surface area contributed by atoms with E-state index in [9.17, 15) is 14.4 Å². The second-order valence-corrected chi connectivity index (χ2v) is 7.91. The number of rotatable bonds is 11. The van der Waals surface area contributed by atoms with Crippen LogP contribution in [0, 0.1) is 0 Å². The van der Waals surface area contributed by atoms with Crippen LogP contribution in [0.5, 0.6) is 0 Å². The number of aryl methyl sites for hydroxylation is 1. The van der Waals surface area contributed by atoms with Gasteiger partial charge < -0.3 is 30.1 Å². The maximum Gasteiger partial charge on any atom is 0.336 e. The van der Waals surface area contributed by atoms with Crippen molar-refractivity contribution in [3.63, 3.8) is 0 Å². The molecular formula is C19H27N3O8S. The number of carboxylic acids is 3. The van der Waals surface area contributed by atoms with Crippen LogP contribution in [0.1, 0.15) is 29.5 Å². The third kappa shape index (κ3) is 8.84. The molecule has 0 amide bonds. The van der Waals surface area contributed by atoms with Gasteiger partial charge in [0.2, 0.25) is 0 Å². The molecule has 0 saturated heterocycles. The maximum atomic E-state index is 10.3. The highest BCUT2D eigenvalue weighted by Gasteiger charge is 2.40. The number of aliphatic hydroxyl groups is 1. The molecule has 0 radical (unpaired) electrons. The van der Waals surface area contributed by atoms with Crippen LogP contribution in [-0.4, -0.2) is 85.9 Å². The zero-order chi connectivity index (χ0) is 23.6. The van der Waals surface area contributed by atoms with Crippen LogP contribution in [0.15, 0.2) is 29.8 Å². The molecular weight excluding hydrogens is 430 g/mol. The van der Waals surface area contributed by atoms with Crippen molar-refractivity contribution in [2.75, 3.05) is 27.2 Å². The molecule has 0 spiro atoms. The predicted octanol–water partition coefficient (Wildman–Crippen LogP) is 0.901. The highest BCUT2D eigenvalue weighted by Crippen LogP contribution is 2.28. The number of carboxylic acid groups (broad SMARTS) is 3. The lowest BCUT2D eigenvalue weighted by molar-refractivity contribution is -0.170. The van der Waals surface area contributed by atoms with Gasteiger partial charge >= 0.3 is 17.9 Å². The van der Waals surface area contributed by atoms with Crippen LogP contribution >= 0.6 is 11.3 Å². The fraction of sp³-hybridized carbons (Fsp3) is 0.474. The molecule has 2 aromatic rings. The van der Waals surface area contributed by atoms with Gasteiger partial charge in [0.15, 0.2) is 5.60 Å². The number of aromatic nitrogens is 2. The average molecular weight is 458 g/mol. The first kappa shape index (κ1) is 26.2. The fourth-order valence-electron chi connectivity index (χ4n) is 2.46. The Morgan fingerprint density at radius 3 is 2.19 bits per heavy atom. The highest BCUT2D eigenvalue weighted by molar-refractivity contribution is 7.10. The summed E-state index contributed by atoms with van der Waals surface area (Å²) in [7, 11) is 6.05. The fourth-order valence-corrected chi connectivity index (χ4v) is 3.25. The number of hydrogen-bond acceptors (Lipinski definition) is 8. The first-order valence-electron chi connectivity index (χ1n) is 9.13. The van der Waals surface area contributed by atoms with Crippen molar-refractivity contribution in [3.8, 4) is 0 Å². The van der Waals surface area contributed by atoms with Crippen LogP contribution < -0.4 is 0 Å². The topological polar surface area (TPSA) is 162 Å². The monoisotopic (exact) mass is 457 g/mol. The first-order chi connectivity index (χ1) is 14.5. The Hall–Kier alpha value is -2.80. The van der Waals surface area contributed by atoms with Crippen LogP contribution in [0.4, 0.5) is 0 Å². The maximum absolute atomic E-state index is 10.3. The molecule has 2 heterocycles. The Morgan fingerprint density at radius 1 is 1.19 bits per heavy atom. The standard InChI is InChI=1S/C13H19N3OS.C6H8O7/c1-15(2)8-9-17-13(12-5-4-10-18-12)11-6-7-14-16(11)3;7-3(8)1-6(13,5(11)12)2-4(9)10/h4-7,10,13H,8-9H2,1-3H3;13H,1-2H2,(H,7,8)(H,9,10)(H,11,12). The third-order valence-electron chi connectivity index (χ3n) is 4.04. The molecule has 12 heteroatoms. The Morgan fingerprint density at radius 2 is 1.81 bits per heavy atom. The molecule has 0 saturated carbocycles. The number of ether oxygens (including phenoxy) is 1. The number of aliphatic carboxylic acids is 3. The average Bonchev–Trinajstić information content (AvgIpc) is 3.29. The van der Waals surface area contributed by atoms with Gasteiger partial charge in [-0.1, -0.05) is 6.07 Å². The lowest BCUT2D eigenvalue weighted by Crippen LogP contribution is -2.42. The summed E-state index contributed by atoms with van der Waals surface area (Å²) < 4.78 is 7.91. The van der Waals surface area contributed by atoms with E-state index in [0.717, 1.165) is 12.2 Å². The summed E-state index contributed by atoms with van der Waals surface area (Å²) in [4.78, 5) is 33.8. The first-order valence-corrected chi connectivity index (χ1v) is 10.0. The van der Waals surface area contributed by atoms with E-state index in [4.69, 9.17) is 25.2 Å². The number of thiophene rings is 1. The second-order valence-electron chi connectivity index (χ2n) is 6.93. The van der Waals surface area contributed by atoms with E-state index in [1.165, 1.54) is 4.88 Å². The Balaban J connectivity index is 0.000000330. The van der Waals surface area contributed by atoms with Crippen molar-refractivity contribution in [1.82, 2.24) is 14.7 Å². The van der Waals surface area contributed by atoms with Crippen molar-refractivity contribution < 1.29 is 39.5 Å². The summed E-state index contributed by atoms with van der Waals surface area (Å²) in [5.74, 6) is -5.02. The van der Waals surface area contributed by atoms with E-state index in [0.29, 0.717) is 6.61 Å². The SMILES string of the molecule is CN(C)CCOC(c1cccs1)c1ccnn1C.O=C(O)CC(O)(CC(=O)O)C(=O)O. The van der Waals surface area contributed by atoms with E-state index >= 15 is 0 Å². The van der Waals surface area contributed by atoms with E-state index in [2.05, 4.69) is 27.5 Å². The normalized spacial score (nSPS) is 12.2. The quantitative estimate of drug-likeness (QED) is 0.381. The summed E-state index contributed by atoms with van der Waals surface area (Å²) in [6.07, 6.45) is -0.494. The van der Waals surface area contributed by atoms with Gasteiger partial charge in [-0.2, -0.15) is 5.10 Å². The Kier molecular flexibility index (Phi) is 10.3. The molecule has 11 nitrogen and oxygen atoms in total. The van der Waals surface area contributed by atoms with Gasteiger partial charge in [0.25, 0.3) is 0 Å². The molecule has 2 aromatic heterocycles. The molecule has 0 aliphatic carbocycles. The zero-order valence-electron chi connectivity index (χ0n) is 17.5. The lowest BCUT2D eigenvalue weighted by Gasteiger charge is -2.18. The van der Waals surface area contributed by atoms with Gasteiger partial charge in [-0.25, -0.2) is 4.79 Å². The zero-order valence-corrected chi connectivity index (χ0v) is 18.3. The van der Waals surface area contributed by atoms with E-state index < -0.39 is 36.4 Å². The minimum Gasteiger partial charge on any atom is -0.481 e.